The molecule has 0 aliphatic rings. The summed E-state index contributed by atoms with van der Waals surface area (Å²) in [4.78, 5) is 6.74. The van der Waals surface area contributed by atoms with Crippen molar-refractivity contribution in [3.05, 3.63) is 40.8 Å². The molecule has 0 aliphatic heterocycles. The van der Waals surface area contributed by atoms with Crippen LogP contribution in [0.4, 0.5) is 5.69 Å². The van der Waals surface area contributed by atoms with Crippen LogP contribution in [0.2, 0.25) is 0 Å². The quantitative estimate of drug-likeness (QED) is 0.905. The highest BCUT2D eigenvalue weighted by Crippen LogP contribution is 2.17. The summed E-state index contributed by atoms with van der Waals surface area (Å²) in [5.74, 6) is 0.645. The number of aryl methyl sites for hydroxylation is 1. The lowest BCUT2D eigenvalue weighted by Gasteiger charge is -2.05. The second-order valence-corrected chi connectivity index (χ2v) is 6.23. The number of H-pyrrole nitrogens is 1. The summed E-state index contributed by atoms with van der Waals surface area (Å²) in [7, 11) is -3.60. The first-order chi connectivity index (χ1) is 8.51. The van der Waals surface area contributed by atoms with Crippen LogP contribution in [0, 0.1) is 0 Å². The van der Waals surface area contributed by atoms with Crippen LogP contribution < -0.4 is 4.72 Å². The summed E-state index contributed by atoms with van der Waals surface area (Å²) in [6.45, 7) is 1.90. The molecule has 7 heteroatoms. The average Bonchev–Trinajstić information content (AvgIpc) is 2.81. The lowest BCUT2D eigenvalue weighted by molar-refractivity contribution is 0.598. The highest BCUT2D eigenvalue weighted by Gasteiger charge is 2.16. The number of imidazole rings is 1. The van der Waals surface area contributed by atoms with Gasteiger partial charge in [-0.1, -0.05) is 22.9 Å². The first-order valence-corrected chi connectivity index (χ1v) is 7.61. The molecule has 0 atom stereocenters. The summed E-state index contributed by atoms with van der Waals surface area (Å²) in [5, 5.41) is 0.0715. The van der Waals surface area contributed by atoms with Crippen LogP contribution in [0.1, 0.15) is 12.7 Å². The highest BCUT2D eigenvalue weighted by atomic mass is 79.9. The number of aromatic amines is 1. The smallest absolute Gasteiger partial charge is 0.278 e. The SMILES string of the molecule is CCc1ncc(S(=O)(=O)Nc2ccc(Br)cc2)[nH]1. The van der Waals surface area contributed by atoms with Gasteiger partial charge in [0, 0.05) is 16.6 Å². The lowest BCUT2D eigenvalue weighted by Crippen LogP contribution is -2.13. The third-order valence-electron chi connectivity index (χ3n) is 2.33. The Morgan fingerprint density at radius 1 is 1.33 bits per heavy atom. The van der Waals surface area contributed by atoms with Gasteiger partial charge in [0.05, 0.1) is 6.20 Å². The van der Waals surface area contributed by atoms with Crippen LogP contribution in [0.25, 0.3) is 0 Å². The Morgan fingerprint density at radius 2 is 2.00 bits per heavy atom. The Balaban J connectivity index is 2.24. The van der Waals surface area contributed by atoms with Gasteiger partial charge in [-0.2, -0.15) is 8.42 Å². The fourth-order valence-electron chi connectivity index (χ4n) is 1.39. The maximum absolute atomic E-state index is 12.0. The molecule has 1 aromatic heterocycles. The van der Waals surface area contributed by atoms with Crippen molar-refractivity contribution in [2.45, 2.75) is 18.4 Å². The minimum atomic E-state index is -3.60. The van der Waals surface area contributed by atoms with Gasteiger partial charge in [0.2, 0.25) is 0 Å². The molecule has 0 saturated heterocycles. The van der Waals surface area contributed by atoms with E-state index in [-0.39, 0.29) is 5.03 Å². The number of benzene rings is 1. The molecular formula is C11H12BrN3O2S. The largest absolute Gasteiger partial charge is 0.332 e. The first kappa shape index (κ1) is 13.1. The van der Waals surface area contributed by atoms with Gasteiger partial charge in [-0.15, -0.1) is 0 Å². The minimum Gasteiger partial charge on any atom is -0.332 e. The van der Waals surface area contributed by atoms with E-state index in [1.165, 1.54) is 6.20 Å². The topological polar surface area (TPSA) is 74.8 Å². The van der Waals surface area contributed by atoms with Gasteiger partial charge >= 0.3 is 0 Å². The van der Waals surface area contributed by atoms with E-state index in [4.69, 9.17) is 0 Å². The maximum Gasteiger partial charge on any atom is 0.278 e. The molecule has 0 saturated carbocycles. The zero-order valence-corrected chi connectivity index (χ0v) is 12.0. The normalized spacial score (nSPS) is 11.4. The predicted molar refractivity (Wildman–Crippen MR) is 72.9 cm³/mol. The van der Waals surface area contributed by atoms with E-state index >= 15 is 0 Å². The van der Waals surface area contributed by atoms with Crippen LogP contribution in [-0.2, 0) is 16.4 Å². The van der Waals surface area contributed by atoms with Crippen molar-refractivity contribution in [2.24, 2.45) is 0 Å². The van der Waals surface area contributed by atoms with Gasteiger partial charge in [-0.25, -0.2) is 4.98 Å². The number of hydrogen-bond donors (Lipinski definition) is 2. The maximum atomic E-state index is 12.0. The summed E-state index contributed by atoms with van der Waals surface area (Å²) < 4.78 is 27.4. The van der Waals surface area contributed by atoms with Crippen molar-refractivity contribution in [1.29, 1.82) is 0 Å². The summed E-state index contributed by atoms with van der Waals surface area (Å²) in [6.07, 6.45) is 1.98. The summed E-state index contributed by atoms with van der Waals surface area (Å²) in [6, 6.07) is 6.89. The van der Waals surface area contributed by atoms with Gasteiger partial charge in [-0.3, -0.25) is 4.72 Å². The highest BCUT2D eigenvalue weighted by molar-refractivity contribution is 9.10. The number of halogens is 1. The van der Waals surface area contributed by atoms with E-state index in [2.05, 4.69) is 30.6 Å². The zero-order valence-electron chi connectivity index (χ0n) is 9.64. The molecule has 0 unspecified atom stereocenters. The summed E-state index contributed by atoms with van der Waals surface area (Å²) >= 11 is 3.29. The molecule has 0 spiro atoms. The van der Waals surface area contributed by atoms with Gasteiger partial charge < -0.3 is 4.98 Å². The molecular weight excluding hydrogens is 318 g/mol. The molecule has 0 aliphatic carbocycles. The van der Waals surface area contributed by atoms with Gasteiger partial charge in [-0.05, 0) is 24.3 Å². The molecule has 1 aromatic carbocycles. The Bertz CT molecular complexity index is 635. The number of rotatable bonds is 4. The van der Waals surface area contributed by atoms with Gasteiger partial charge in [0.15, 0.2) is 5.03 Å². The molecule has 0 fully saturated rings. The second-order valence-electron chi connectivity index (χ2n) is 3.66. The number of nitrogens with zero attached hydrogens (tertiary/aromatic N) is 1. The molecule has 0 bridgehead atoms. The van der Waals surface area contributed by atoms with E-state index in [1.807, 2.05) is 6.92 Å². The van der Waals surface area contributed by atoms with Crippen molar-refractivity contribution in [2.75, 3.05) is 4.72 Å². The van der Waals surface area contributed by atoms with Crippen LogP contribution in [0.5, 0.6) is 0 Å². The summed E-state index contributed by atoms with van der Waals surface area (Å²) in [5.41, 5.74) is 0.505. The monoisotopic (exact) mass is 329 g/mol. The van der Waals surface area contributed by atoms with E-state index in [0.717, 1.165) is 4.47 Å². The van der Waals surface area contributed by atoms with Crippen LogP contribution >= 0.6 is 15.9 Å². The Kier molecular flexibility index (Phi) is 3.72. The molecule has 2 N–H and O–H groups in total. The fourth-order valence-corrected chi connectivity index (χ4v) is 2.65. The molecule has 18 heavy (non-hydrogen) atoms. The van der Waals surface area contributed by atoms with Crippen molar-refractivity contribution >= 4 is 31.6 Å². The van der Waals surface area contributed by atoms with Crippen LogP contribution in [0.3, 0.4) is 0 Å². The Morgan fingerprint density at radius 3 is 2.56 bits per heavy atom. The number of hydrogen-bond acceptors (Lipinski definition) is 3. The number of nitrogens with one attached hydrogen (secondary N) is 2. The third kappa shape index (κ3) is 2.91. The zero-order chi connectivity index (χ0) is 13.2. The van der Waals surface area contributed by atoms with Gasteiger partial charge in [0.25, 0.3) is 10.0 Å². The lowest BCUT2D eigenvalue weighted by atomic mass is 10.3. The van der Waals surface area contributed by atoms with E-state index in [0.29, 0.717) is 17.9 Å². The number of anilines is 1. The van der Waals surface area contributed by atoms with Gasteiger partial charge in [0.1, 0.15) is 5.82 Å². The molecule has 1 heterocycles. The van der Waals surface area contributed by atoms with E-state index in [9.17, 15) is 8.42 Å². The second kappa shape index (κ2) is 5.11. The molecule has 0 radical (unpaired) electrons. The van der Waals surface area contributed by atoms with Crippen molar-refractivity contribution in [1.82, 2.24) is 9.97 Å². The molecule has 2 aromatic rings. The third-order valence-corrected chi connectivity index (χ3v) is 4.15. The molecule has 96 valence electrons. The number of sulfonamides is 1. The van der Waals surface area contributed by atoms with Crippen molar-refractivity contribution in [3.63, 3.8) is 0 Å². The Hall–Kier alpha value is -1.34. The minimum absolute atomic E-state index is 0.0715. The molecule has 2 rings (SSSR count). The number of aromatic nitrogens is 2. The molecule has 5 nitrogen and oxygen atoms in total. The first-order valence-electron chi connectivity index (χ1n) is 5.33. The molecule has 0 amide bonds. The standard InChI is InChI=1S/C11H12BrN3O2S/c1-2-10-13-7-11(14-10)18(16,17)15-9-5-3-8(12)4-6-9/h3-7,15H,2H2,1H3,(H,13,14). The van der Waals surface area contributed by atoms with Crippen molar-refractivity contribution in [3.8, 4) is 0 Å². The fraction of sp³-hybridized carbons (Fsp3) is 0.182. The van der Waals surface area contributed by atoms with E-state index in [1.54, 1.807) is 24.3 Å². The van der Waals surface area contributed by atoms with Crippen molar-refractivity contribution < 1.29 is 8.42 Å². The van der Waals surface area contributed by atoms with Crippen LogP contribution in [-0.4, -0.2) is 18.4 Å². The predicted octanol–water partition coefficient (Wildman–Crippen LogP) is 2.54. The van der Waals surface area contributed by atoms with E-state index < -0.39 is 10.0 Å². The Labute approximate surface area is 114 Å². The van der Waals surface area contributed by atoms with Crippen LogP contribution in [0.15, 0.2) is 40.0 Å². The average molecular weight is 330 g/mol.